The normalized spacial score (nSPS) is 19.2. The summed E-state index contributed by atoms with van der Waals surface area (Å²) in [5.74, 6) is 0.443. The van der Waals surface area contributed by atoms with Gasteiger partial charge in [0.05, 0.1) is 11.3 Å². The first-order valence-corrected chi connectivity index (χ1v) is 4.93. The number of nitrogens with zero attached hydrogens (tertiary/aromatic N) is 2. The topological polar surface area (TPSA) is 6.48 Å². The maximum atomic E-state index is 12.8. The smallest absolute Gasteiger partial charge is 0.306 e. The maximum absolute atomic E-state index is 12.8. The second kappa shape index (κ2) is 3.55. The van der Waals surface area contributed by atoms with Gasteiger partial charge in [0.2, 0.25) is 0 Å². The Bertz CT molecular complexity index is 480. The molecule has 2 heterocycles. The van der Waals surface area contributed by atoms with E-state index >= 15 is 0 Å². The molecule has 0 radical (unpaired) electrons. The molecule has 0 spiro atoms. The van der Waals surface area contributed by atoms with Crippen LogP contribution in [0.15, 0.2) is 60.5 Å². The van der Waals surface area contributed by atoms with Crippen LogP contribution in [0.3, 0.4) is 0 Å². The summed E-state index contributed by atoms with van der Waals surface area (Å²) in [5, 5.41) is 0. The zero-order valence-corrected chi connectivity index (χ0v) is 9.25. The average molecular weight is 240 g/mol. The highest BCUT2D eigenvalue weighted by molar-refractivity contribution is 5.47. The third-order valence-electron chi connectivity index (χ3n) is 2.56. The summed E-state index contributed by atoms with van der Waals surface area (Å²) in [6, 6.07) is 0. The molecular formula is C12H11F3N2. The lowest BCUT2D eigenvalue weighted by Crippen LogP contribution is -2.24. The molecule has 2 aliphatic rings. The Hall–Kier alpha value is -1.91. The van der Waals surface area contributed by atoms with Crippen LogP contribution in [0.25, 0.3) is 0 Å². The predicted molar refractivity (Wildman–Crippen MR) is 59.0 cm³/mol. The fraction of sp³-hybridized carbons (Fsp3) is 0.167. The van der Waals surface area contributed by atoms with Crippen LogP contribution in [0.5, 0.6) is 0 Å². The van der Waals surface area contributed by atoms with Gasteiger partial charge in [0.15, 0.2) is 0 Å². The molecule has 90 valence electrons. The van der Waals surface area contributed by atoms with Gasteiger partial charge in [-0.1, -0.05) is 13.2 Å². The van der Waals surface area contributed by atoms with E-state index in [4.69, 9.17) is 0 Å². The van der Waals surface area contributed by atoms with Crippen molar-refractivity contribution in [1.29, 1.82) is 0 Å². The van der Waals surface area contributed by atoms with E-state index in [-0.39, 0.29) is 5.70 Å². The molecule has 0 unspecified atom stereocenters. The molecule has 2 nitrogen and oxygen atoms in total. The molecule has 0 fully saturated rings. The maximum Gasteiger partial charge on any atom is 0.418 e. The van der Waals surface area contributed by atoms with Gasteiger partial charge in [-0.05, 0) is 19.1 Å². The SMILES string of the molecule is C=C(C)N1C=C2C(C(F)(F)F)=CC=CN2C1=C. The van der Waals surface area contributed by atoms with Crippen LogP contribution < -0.4 is 0 Å². The van der Waals surface area contributed by atoms with E-state index in [1.807, 2.05) is 0 Å². The monoisotopic (exact) mass is 240 g/mol. The molecule has 0 amide bonds. The number of hydrogen-bond donors (Lipinski definition) is 0. The Morgan fingerprint density at radius 3 is 2.53 bits per heavy atom. The number of halogens is 3. The second-order valence-corrected chi connectivity index (χ2v) is 3.83. The zero-order chi connectivity index (χ0) is 12.8. The van der Waals surface area contributed by atoms with Crippen molar-refractivity contribution in [2.24, 2.45) is 0 Å². The molecule has 0 saturated heterocycles. The first kappa shape index (κ1) is 11.6. The van der Waals surface area contributed by atoms with Gasteiger partial charge in [-0.15, -0.1) is 0 Å². The molecule has 2 aliphatic heterocycles. The summed E-state index contributed by atoms with van der Waals surface area (Å²) in [5.41, 5.74) is 0.0183. The van der Waals surface area contributed by atoms with Gasteiger partial charge in [-0.3, -0.25) is 0 Å². The Morgan fingerprint density at radius 2 is 2.00 bits per heavy atom. The van der Waals surface area contributed by atoms with Gasteiger partial charge in [0.25, 0.3) is 0 Å². The molecule has 17 heavy (non-hydrogen) atoms. The Balaban J connectivity index is 2.46. The third-order valence-corrected chi connectivity index (χ3v) is 2.56. The van der Waals surface area contributed by atoms with Crippen LogP contribution in [-0.4, -0.2) is 16.0 Å². The van der Waals surface area contributed by atoms with E-state index < -0.39 is 11.7 Å². The summed E-state index contributed by atoms with van der Waals surface area (Å²) in [6.45, 7) is 9.16. The Morgan fingerprint density at radius 1 is 1.35 bits per heavy atom. The number of allylic oxidation sites excluding steroid dienone is 4. The lowest BCUT2D eigenvalue weighted by molar-refractivity contribution is -0.0908. The molecule has 0 bridgehead atoms. The van der Waals surface area contributed by atoms with Crippen molar-refractivity contribution in [3.63, 3.8) is 0 Å². The molecule has 0 N–H and O–H groups in total. The lowest BCUT2D eigenvalue weighted by atomic mass is 10.1. The number of fused-ring (bicyclic) bond motifs is 1. The van der Waals surface area contributed by atoms with E-state index in [0.29, 0.717) is 11.5 Å². The number of hydrogen-bond acceptors (Lipinski definition) is 2. The van der Waals surface area contributed by atoms with E-state index in [2.05, 4.69) is 13.2 Å². The van der Waals surface area contributed by atoms with Gasteiger partial charge < -0.3 is 9.80 Å². The molecular weight excluding hydrogens is 229 g/mol. The molecule has 0 aromatic rings. The van der Waals surface area contributed by atoms with Gasteiger partial charge in [-0.2, -0.15) is 13.2 Å². The van der Waals surface area contributed by atoms with Crippen molar-refractivity contribution in [1.82, 2.24) is 9.80 Å². The van der Waals surface area contributed by atoms with E-state index in [1.165, 1.54) is 22.1 Å². The molecule has 5 heteroatoms. The van der Waals surface area contributed by atoms with E-state index in [0.717, 1.165) is 6.08 Å². The highest BCUT2D eigenvalue weighted by atomic mass is 19.4. The molecule has 0 saturated carbocycles. The van der Waals surface area contributed by atoms with Crippen LogP contribution in [-0.2, 0) is 0 Å². The molecule has 0 aliphatic carbocycles. The predicted octanol–water partition coefficient (Wildman–Crippen LogP) is 3.47. The quantitative estimate of drug-likeness (QED) is 0.692. The fourth-order valence-electron chi connectivity index (χ4n) is 1.76. The minimum atomic E-state index is -4.37. The summed E-state index contributed by atoms with van der Waals surface area (Å²) in [6.07, 6.45) is 0.977. The lowest BCUT2D eigenvalue weighted by Gasteiger charge is -2.26. The van der Waals surface area contributed by atoms with Crippen LogP contribution in [0.4, 0.5) is 13.2 Å². The van der Waals surface area contributed by atoms with Gasteiger partial charge in [-0.25, -0.2) is 0 Å². The molecule has 2 rings (SSSR count). The molecule has 0 aromatic carbocycles. The van der Waals surface area contributed by atoms with Crippen molar-refractivity contribution in [3.8, 4) is 0 Å². The van der Waals surface area contributed by atoms with Crippen LogP contribution in [0.2, 0.25) is 0 Å². The first-order valence-electron chi connectivity index (χ1n) is 4.93. The van der Waals surface area contributed by atoms with Gasteiger partial charge in [0, 0.05) is 18.1 Å². The van der Waals surface area contributed by atoms with Crippen LogP contribution in [0.1, 0.15) is 6.92 Å². The van der Waals surface area contributed by atoms with Crippen molar-refractivity contribution in [2.75, 3.05) is 0 Å². The summed E-state index contributed by atoms with van der Waals surface area (Å²) in [4.78, 5) is 2.93. The Labute approximate surface area is 97.3 Å². The number of rotatable bonds is 1. The van der Waals surface area contributed by atoms with Crippen molar-refractivity contribution in [3.05, 3.63) is 60.5 Å². The summed E-state index contributed by atoms with van der Waals surface area (Å²) >= 11 is 0. The van der Waals surface area contributed by atoms with E-state index in [1.54, 1.807) is 13.1 Å². The third kappa shape index (κ3) is 1.77. The first-order chi connectivity index (χ1) is 7.82. The second-order valence-electron chi connectivity index (χ2n) is 3.83. The highest BCUT2D eigenvalue weighted by Gasteiger charge is 2.41. The van der Waals surface area contributed by atoms with E-state index in [9.17, 15) is 13.2 Å². The zero-order valence-electron chi connectivity index (χ0n) is 9.25. The molecule has 0 aromatic heterocycles. The standard InChI is InChI=1S/C12H11F3N2/c1-8(2)17-7-11-10(12(13,14)15)5-4-6-16(11)9(17)3/h4-7H,1,3H2,2H3. The minimum absolute atomic E-state index is 0.0769. The van der Waals surface area contributed by atoms with Crippen molar-refractivity contribution in [2.45, 2.75) is 13.1 Å². The summed E-state index contributed by atoms with van der Waals surface area (Å²) < 4.78 is 38.4. The average Bonchev–Trinajstić information content (AvgIpc) is 2.55. The Kier molecular flexibility index (Phi) is 2.41. The van der Waals surface area contributed by atoms with Crippen molar-refractivity contribution >= 4 is 0 Å². The largest absolute Gasteiger partial charge is 0.418 e. The van der Waals surface area contributed by atoms with Crippen molar-refractivity contribution < 1.29 is 13.2 Å². The van der Waals surface area contributed by atoms with Crippen LogP contribution >= 0.6 is 0 Å². The minimum Gasteiger partial charge on any atom is -0.306 e. The molecule has 0 atom stereocenters. The fourth-order valence-corrected chi connectivity index (χ4v) is 1.76. The summed E-state index contributed by atoms with van der Waals surface area (Å²) in [7, 11) is 0. The van der Waals surface area contributed by atoms with Crippen LogP contribution in [0, 0.1) is 0 Å². The number of alkyl halides is 3. The van der Waals surface area contributed by atoms with Gasteiger partial charge in [0.1, 0.15) is 5.82 Å². The highest BCUT2D eigenvalue weighted by Crippen LogP contribution is 2.41. The van der Waals surface area contributed by atoms with Gasteiger partial charge >= 0.3 is 6.18 Å².